The van der Waals surface area contributed by atoms with Crippen LogP contribution in [0.3, 0.4) is 0 Å². The molecular weight excluding hydrogens is 420 g/mol. The molecule has 150 valence electrons. The first-order valence-corrected chi connectivity index (χ1v) is 11.6. The van der Waals surface area contributed by atoms with Gasteiger partial charge in [0.25, 0.3) is 5.91 Å². The predicted molar refractivity (Wildman–Crippen MR) is 111 cm³/mol. The lowest BCUT2D eigenvalue weighted by atomic mass is 10.2. The Morgan fingerprint density at radius 1 is 1.14 bits per heavy atom. The summed E-state index contributed by atoms with van der Waals surface area (Å²) in [5.74, 6) is 0.303. The first-order chi connectivity index (χ1) is 13.5. The van der Waals surface area contributed by atoms with Crippen LogP contribution in [-0.2, 0) is 14.8 Å². The highest BCUT2D eigenvalue weighted by Crippen LogP contribution is 2.24. The number of rotatable bonds is 7. The zero-order valence-electron chi connectivity index (χ0n) is 15.1. The Bertz CT molecular complexity index is 917. The third-order valence-corrected chi connectivity index (χ3v) is 7.43. The summed E-state index contributed by atoms with van der Waals surface area (Å²) in [6.45, 7) is 1.75. The normalized spacial score (nSPS) is 15.3. The van der Waals surface area contributed by atoms with Crippen molar-refractivity contribution >= 4 is 39.3 Å². The van der Waals surface area contributed by atoms with E-state index in [2.05, 4.69) is 5.32 Å². The van der Waals surface area contributed by atoms with Crippen molar-refractivity contribution in [1.82, 2.24) is 9.62 Å². The maximum absolute atomic E-state index is 12.8. The van der Waals surface area contributed by atoms with Gasteiger partial charge < -0.3 is 10.1 Å². The van der Waals surface area contributed by atoms with Crippen LogP contribution in [0.1, 0.15) is 10.4 Å². The van der Waals surface area contributed by atoms with Gasteiger partial charge in [-0.2, -0.15) is 4.31 Å². The Hall–Kier alpha value is -1.58. The molecule has 1 saturated heterocycles. The fourth-order valence-electron chi connectivity index (χ4n) is 2.72. The van der Waals surface area contributed by atoms with Crippen LogP contribution in [0, 0.1) is 0 Å². The fourth-order valence-corrected chi connectivity index (χ4v) is 5.15. The highest BCUT2D eigenvalue weighted by atomic mass is 35.5. The number of benzene rings is 2. The van der Waals surface area contributed by atoms with Crippen LogP contribution in [0.15, 0.2) is 58.3 Å². The standard InChI is InChI=1S/C19H21ClN2O4S2/c20-18-7-6-16(28(24,25)22-9-11-26-12-10-22)14-17(18)19(23)21-8-13-27-15-4-2-1-3-5-15/h1-7,14H,8-13H2,(H,21,23). The number of nitrogens with zero attached hydrogens (tertiary/aromatic N) is 1. The molecule has 9 heteroatoms. The van der Waals surface area contributed by atoms with Gasteiger partial charge in [-0.1, -0.05) is 29.8 Å². The molecule has 1 aliphatic heterocycles. The zero-order chi connectivity index (χ0) is 20.0. The highest BCUT2D eigenvalue weighted by molar-refractivity contribution is 7.99. The maximum Gasteiger partial charge on any atom is 0.252 e. The summed E-state index contributed by atoms with van der Waals surface area (Å²) in [6, 6.07) is 14.1. The summed E-state index contributed by atoms with van der Waals surface area (Å²) < 4.78 is 32.1. The van der Waals surface area contributed by atoms with Crippen LogP contribution in [0.5, 0.6) is 0 Å². The fraction of sp³-hybridized carbons (Fsp3) is 0.316. The maximum atomic E-state index is 12.8. The van der Waals surface area contributed by atoms with Gasteiger partial charge in [0.05, 0.1) is 28.7 Å². The van der Waals surface area contributed by atoms with Gasteiger partial charge in [0.1, 0.15) is 0 Å². The quantitative estimate of drug-likeness (QED) is 0.529. The Labute approximate surface area is 174 Å². The molecule has 1 N–H and O–H groups in total. The van der Waals surface area contributed by atoms with Crippen LogP contribution in [0.4, 0.5) is 0 Å². The first-order valence-electron chi connectivity index (χ1n) is 8.82. The topological polar surface area (TPSA) is 75.7 Å². The van der Waals surface area contributed by atoms with Gasteiger partial charge in [-0.05, 0) is 30.3 Å². The highest BCUT2D eigenvalue weighted by Gasteiger charge is 2.27. The molecular formula is C19H21ClN2O4S2. The number of hydrogen-bond donors (Lipinski definition) is 1. The van der Waals surface area contributed by atoms with Crippen molar-refractivity contribution in [3.05, 3.63) is 59.1 Å². The Morgan fingerprint density at radius 3 is 2.57 bits per heavy atom. The van der Waals surface area contributed by atoms with E-state index in [9.17, 15) is 13.2 Å². The van der Waals surface area contributed by atoms with Crippen molar-refractivity contribution in [1.29, 1.82) is 0 Å². The van der Waals surface area contributed by atoms with E-state index in [0.29, 0.717) is 38.6 Å². The molecule has 0 aromatic heterocycles. The molecule has 2 aromatic carbocycles. The van der Waals surface area contributed by atoms with E-state index in [4.69, 9.17) is 16.3 Å². The third-order valence-electron chi connectivity index (χ3n) is 4.19. The minimum atomic E-state index is -3.69. The summed E-state index contributed by atoms with van der Waals surface area (Å²) in [4.78, 5) is 13.7. The minimum absolute atomic E-state index is 0.0580. The van der Waals surface area contributed by atoms with Crippen molar-refractivity contribution in [3.8, 4) is 0 Å². The molecule has 3 rings (SSSR count). The minimum Gasteiger partial charge on any atom is -0.379 e. The number of nitrogens with one attached hydrogen (secondary N) is 1. The summed E-state index contributed by atoms with van der Waals surface area (Å²) in [6.07, 6.45) is 0. The molecule has 1 heterocycles. The first kappa shape index (κ1) is 21.1. The van der Waals surface area contributed by atoms with Gasteiger partial charge >= 0.3 is 0 Å². The number of morpholine rings is 1. The van der Waals surface area contributed by atoms with Gasteiger partial charge in [0.15, 0.2) is 0 Å². The predicted octanol–water partition coefficient (Wildman–Crippen LogP) is 2.88. The van der Waals surface area contributed by atoms with Crippen LogP contribution < -0.4 is 5.32 Å². The second-order valence-electron chi connectivity index (χ2n) is 6.08. The lowest BCUT2D eigenvalue weighted by Crippen LogP contribution is -2.40. The average molecular weight is 441 g/mol. The molecule has 2 aromatic rings. The Morgan fingerprint density at radius 2 is 1.86 bits per heavy atom. The van der Waals surface area contributed by atoms with E-state index in [1.165, 1.54) is 22.5 Å². The zero-order valence-corrected chi connectivity index (χ0v) is 17.5. The molecule has 0 spiro atoms. The van der Waals surface area contributed by atoms with Crippen LogP contribution in [-0.4, -0.2) is 57.2 Å². The number of amides is 1. The monoisotopic (exact) mass is 440 g/mol. The van der Waals surface area contributed by atoms with E-state index >= 15 is 0 Å². The van der Waals surface area contributed by atoms with Gasteiger partial charge in [0, 0.05) is 30.3 Å². The lowest BCUT2D eigenvalue weighted by Gasteiger charge is -2.26. The number of carbonyl (C=O) groups excluding carboxylic acids is 1. The van der Waals surface area contributed by atoms with Crippen molar-refractivity contribution < 1.29 is 17.9 Å². The van der Waals surface area contributed by atoms with Crippen molar-refractivity contribution in [2.45, 2.75) is 9.79 Å². The molecule has 1 aliphatic rings. The van der Waals surface area contributed by atoms with E-state index in [-0.39, 0.29) is 15.5 Å². The van der Waals surface area contributed by atoms with Gasteiger partial charge in [-0.25, -0.2) is 8.42 Å². The third kappa shape index (κ3) is 5.27. The number of ether oxygens (including phenoxy) is 1. The Balaban J connectivity index is 1.64. The molecule has 0 atom stereocenters. The molecule has 1 amide bonds. The molecule has 0 unspecified atom stereocenters. The van der Waals surface area contributed by atoms with Crippen molar-refractivity contribution in [3.63, 3.8) is 0 Å². The number of halogens is 1. The second kappa shape index (κ2) is 9.76. The van der Waals surface area contributed by atoms with Gasteiger partial charge in [0.2, 0.25) is 10.0 Å². The van der Waals surface area contributed by atoms with Gasteiger partial charge in [-0.3, -0.25) is 4.79 Å². The molecule has 0 aliphatic carbocycles. The van der Waals surface area contributed by atoms with Crippen LogP contribution in [0.25, 0.3) is 0 Å². The summed E-state index contributed by atoms with van der Waals surface area (Å²) in [7, 11) is -3.69. The summed E-state index contributed by atoms with van der Waals surface area (Å²) in [5.41, 5.74) is 0.153. The molecule has 6 nitrogen and oxygen atoms in total. The van der Waals surface area contributed by atoms with Crippen molar-refractivity contribution in [2.75, 3.05) is 38.6 Å². The Kier molecular flexibility index (Phi) is 7.36. The van der Waals surface area contributed by atoms with E-state index in [0.717, 1.165) is 4.90 Å². The van der Waals surface area contributed by atoms with Crippen LogP contribution >= 0.6 is 23.4 Å². The van der Waals surface area contributed by atoms with Crippen LogP contribution in [0.2, 0.25) is 5.02 Å². The van der Waals surface area contributed by atoms with Gasteiger partial charge in [-0.15, -0.1) is 11.8 Å². The molecule has 0 bridgehead atoms. The number of carbonyl (C=O) groups is 1. The summed E-state index contributed by atoms with van der Waals surface area (Å²) >= 11 is 7.77. The number of hydrogen-bond acceptors (Lipinski definition) is 5. The smallest absolute Gasteiger partial charge is 0.252 e. The second-order valence-corrected chi connectivity index (χ2v) is 9.59. The van der Waals surface area contributed by atoms with E-state index in [1.54, 1.807) is 11.8 Å². The summed E-state index contributed by atoms with van der Waals surface area (Å²) in [5, 5.41) is 3.01. The molecule has 1 fully saturated rings. The molecule has 28 heavy (non-hydrogen) atoms. The number of thioether (sulfide) groups is 1. The average Bonchev–Trinajstić information content (AvgIpc) is 2.72. The lowest BCUT2D eigenvalue weighted by molar-refractivity contribution is 0.0730. The SMILES string of the molecule is O=C(NCCSc1ccccc1)c1cc(S(=O)(=O)N2CCOCC2)ccc1Cl. The van der Waals surface area contributed by atoms with Crippen molar-refractivity contribution in [2.24, 2.45) is 0 Å². The molecule has 0 saturated carbocycles. The molecule has 0 radical (unpaired) electrons. The largest absolute Gasteiger partial charge is 0.379 e. The number of sulfonamides is 1. The van der Waals surface area contributed by atoms with E-state index in [1.807, 2.05) is 30.3 Å². The van der Waals surface area contributed by atoms with E-state index < -0.39 is 15.9 Å².